The standard InChI is InChI=1S/C19H18N4OS/c1-23(2)10-12-7-18(25-11-12)17-8-15(16(9-20)19(21)22-17)13-3-5-14(24)6-4-13/h3-8,11,24H,10H2,1-2H3,(H2,21,22). The lowest BCUT2D eigenvalue weighted by atomic mass is 10.00. The zero-order valence-corrected chi connectivity index (χ0v) is 14.8. The van der Waals surface area contributed by atoms with Crippen LogP contribution in [0.2, 0.25) is 0 Å². The first kappa shape index (κ1) is 17.0. The number of phenols is 1. The molecular weight excluding hydrogens is 332 g/mol. The molecule has 1 aromatic carbocycles. The van der Waals surface area contributed by atoms with E-state index in [9.17, 15) is 10.4 Å². The fraction of sp³-hybridized carbons (Fsp3) is 0.158. The van der Waals surface area contributed by atoms with Crippen molar-refractivity contribution in [1.29, 1.82) is 5.26 Å². The fourth-order valence-corrected chi connectivity index (χ4v) is 3.50. The lowest BCUT2D eigenvalue weighted by Crippen LogP contribution is -2.09. The summed E-state index contributed by atoms with van der Waals surface area (Å²) in [6, 6.07) is 12.8. The minimum atomic E-state index is 0.177. The molecule has 126 valence electrons. The first-order chi connectivity index (χ1) is 12.0. The number of hydrogen-bond donors (Lipinski definition) is 2. The molecule has 0 saturated heterocycles. The van der Waals surface area contributed by atoms with E-state index >= 15 is 0 Å². The molecule has 0 radical (unpaired) electrons. The van der Waals surface area contributed by atoms with Crippen LogP contribution in [-0.2, 0) is 6.54 Å². The van der Waals surface area contributed by atoms with Crippen LogP contribution in [0.3, 0.4) is 0 Å². The molecule has 3 N–H and O–H groups in total. The van der Waals surface area contributed by atoms with Crippen molar-refractivity contribution >= 4 is 17.2 Å². The molecule has 0 saturated carbocycles. The molecule has 0 fully saturated rings. The van der Waals surface area contributed by atoms with E-state index in [-0.39, 0.29) is 11.6 Å². The maximum Gasteiger partial charge on any atom is 0.142 e. The van der Waals surface area contributed by atoms with Gasteiger partial charge in [-0.25, -0.2) is 4.98 Å². The summed E-state index contributed by atoms with van der Waals surface area (Å²) in [4.78, 5) is 7.53. The van der Waals surface area contributed by atoms with Crippen molar-refractivity contribution in [2.24, 2.45) is 0 Å². The molecule has 0 amide bonds. The number of nitriles is 1. The lowest BCUT2D eigenvalue weighted by molar-refractivity contribution is 0.403. The van der Waals surface area contributed by atoms with Crippen molar-refractivity contribution in [2.45, 2.75) is 6.54 Å². The van der Waals surface area contributed by atoms with E-state index in [4.69, 9.17) is 5.73 Å². The Morgan fingerprint density at radius 2 is 1.96 bits per heavy atom. The second kappa shape index (κ2) is 6.93. The van der Waals surface area contributed by atoms with E-state index in [1.54, 1.807) is 35.6 Å². The van der Waals surface area contributed by atoms with Gasteiger partial charge in [-0.1, -0.05) is 12.1 Å². The van der Waals surface area contributed by atoms with Crippen molar-refractivity contribution in [1.82, 2.24) is 9.88 Å². The fourth-order valence-electron chi connectivity index (χ4n) is 2.64. The molecule has 5 nitrogen and oxygen atoms in total. The van der Waals surface area contributed by atoms with Crippen molar-refractivity contribution in [3.63, 3.8) is 0 Å². The van der Waals surface area contributed by atoms with Crippen molar-refractivity contribution < 1.29 is 5.11 Å². The van der Waals surface area contributed by atoms with Crippen molar-refractivity contribution in [3.8, 4) is 33.5 Å². The summed E-state index contributed by atoms with van der Waals surface area (Å²) in [6.07, 6.45) is 0. The molecule has 25 heavy (non-hydrogen) atoms. The number of hydrogen-bond acceptors (Lipinski definition) is 6. The summed E-state index contributed by atoms with van der Waals surface area (Å²) >= 11 is 1.61. The average molecular weight is 350 g/mol. The molecule has 6 heteroatoms. The average Bonchev–Trinajstić information content (AvgIpc) is 3.02. The minimum Gasteiger partial charge on any atom is -0.508 e. The normalized spacial score (nSPS) is 10.8. The molecule has 0 aliphatic carbocycles. The number of thiophene rings is 1. The van der Waals surface area contributed by atoms with Gasteiger partial charge in [-0.15, -0.1) is 11.3 Å². The van der Waals surface area contributed by atoms with Gasteiger partial charge in [0, 0.05) is 12.1 Å². The van der Waals surface area contributed by atoms with Crippen LogP contribution >= 0.6 is 11.3 Å². The predicted molar refractivity (Wildman–Crippen MR) is 101 cm³/mol. The Kier molecular flexibility index (Phi) is 4.70. The van der Waals surface area contributed by atoms with E-state index in [1.807, 2.05) is 20.2 Å². The zero-order chi connectivity index (χ0) is 18.0. The molecule has 0 unspecified atom stereocenters. The molecule has 3 rings (SSSR count). The number of aromatic hydroxyl groups is 1. The van der Waals surface area contributed by atoms with Crippen LogP contribution in [0.25, 0.3) is 21.7 Å². The van der Waals surface area contributed by atoms with Crippen LogP contribution in [0, 0.1) is 11.3 Å². The van der Waals surface area contributed by atoms with Gasteiger partial charge in [0.05, 0.1) is 10.6 Å². The van der Waals surface area contributed by atoms with Crippen LogP contribution in [0.4, 0.5) is 5.82 Å². The summed E-state index contributed by atoms with van der Waals surface area (Å²) in [5.41, 5.74) is 9.87. The largest absolute Gasteiger partial charge is 0.508 e. The first-order valence-corrected chi connectivity index (χ1v) is 8.58. The molecule has 2 heterocycles. The molecule has 2 aromatic heterocycles. The molecule has 0 atom stereocenters. The topological polar surface area (TPSA) is 86.2 Å². The Bertz CT molecular complexity index is 939. The van der Waals surface area contributed by atoms with Gasteiger partial charge in [-0.2, -0.15) is 5.26 Å². The Balaban J connectivity index is 2.09. The lowest BCUT2D eigenvalue weighted by Gasteiger charge is -2.09. The smallest absolute Gasteiger partial charge is 0.142 e. The van der Waals surface area contributed by atoms with Gasteiger partial charge in [-0.3, -0.25) is 0 Å². The van der Waals surface area contributed by atoms with Crippen LogP contribution in [0.5, 0.6) is 5.75 Å². The zero-order valence-electron chi connectivity index (χ0n) is 14.0. The number of pyridine rings is 1. The number of nitrogens with zero attached hydrogens (tertiary/aromatic N) is 3. The third-order valence-corrected chi connectivity index (χ3v) is 4.74. The van der Waals surface area contributed by atoms with Gasteiger partial charge in [0.1, 0.15) is 23.2 Å². The van der Waals surface area contributed by atoms with E-state index in [0.29, 0.717) is 11.1 Å². The summed E-state index contributed by atoms with van der Waals surface area (Å²) in [6.45, 7) is 0.854. The first-order valence-electron chi connectivity index (χ1n) is 7.70. The number of aromatic nitrogens is 1. The quantitative estimate of drug-likeness (QED) is 0.749. The maximum absolute atomic E-state index is 9.49. The Labute approximate surface area is 150 Å². The Morgan fingerprint density at radius 3 is 2.60 bits per heavy atom. The van der Waals surface area contributed by atoms with Crippen LogP contribution < -0.4 is 5.73 Å². The molecular formula is C19H18N4OS. The molecule has 0 aliphatic heterocycles. The number of benzene rings is 1. The van der Waals surface area contributed by atoms with Crippen LogP contribution in [0.1, 0.15) is 11.1 Å². The van der Waals surface area contributed by atoms with Gasteiger partial charge in [0.2, 0.25) is 0 Å². The maximum atomic E-state index is 9.49. The van der Waals surface area contributed by atoms with Gasteiger partial charge in [0.25, 0.3) is 0 Å². The minimum absolute atomic E-state index is 0.177. The Hall–Kier alpha value is -2.88. The SMILES string of the molecule is CN(C)Cc1csc(-c2cc(-c3ccc(O)cc3)c(C#N)c(N)n2)c1. The number of nitrogens with two attached hydrogens (primary N) is 1. The molecule has 3 aromatic rings. The summed E-state index contributed by atoms with van der Waals surface area (Å²) in [5.74, 6) is 0.390. The number of rotatable bonds is 4. The van der Waals surface area contributed by atoms with Gasteiger partial charge in [0.15, 0.2) is 0 Å². The van der Waals surface area contributed by atoms with Gasteiger partial charge in [-0.05, 0) is 54.9 Å². The van der Waals surface area contributed by atoms with E-state index in [0.717, 1.165) is 22.7 Å². The van der Waals surface area contributed by atoms with Crippen LogP contribution in [-0.4, -0.2) is 29.1 Å². The molecule has 0 bridgehead atoms. The highest BCUT2D eigenvalue weighted by atomic mass is 32.1. The van der Waals surface area contributed by atoms with Crippen molar-refractivity contribution in [3.05, 3.63) is 52.9 Å². The highest BCUT2D eigenvalue weighted by Gasteiger charge is 2.14. The monoisotopic (exact) mass is 350 g/mol. The second-order valence-electron chi connectivity index (χ2n) is 6.03. The van der Waals surface area contributed by atoms with E-state index in [1.165, 1.54) is 5.56 Å². The van der Waals surface area contributed by atoms with Crippen LogP contribution in [0.15, 0.2) is 41.8 Å². The predicted octanol–water partition coefficient (Wildman–Crippen LogP) is 3.70. The van der Waals surface area contributed by atoms with Gasteiger partial charge >= 0.3 is 0 Å². The number of nitrogen functional groups attached to an aromatic ring is 1. The molecule has 0 aliphatic rings. The van der Waals surface area contributed by atoms with E-state index in [2.05, 4.69) is 27.4 Å². The van der Waals surface area contributed by atoms with Gasteiger partial charge < -0.3 is 15.7 Å². The number of anilines is 1. The summed E-state index contributed by atoms with van der Waals surface area (Å²) < 4.78 is 0. The molecule has 0 spiro atoms. The summed E-state index contributed by atoms with van der Waals surface area (Å²) in [7, 11) is 4.05. The Morgan fingerprint density at radius 1 is 1.24 bits per heavy atom. The summed E-state index contributed by atoms with van der Waals surface area (Å²) in [5, 5.41) is 21.0. The number of phenolic OH excluding ortho intramolecular Hbond substituents is 1. The third kappa shape index (κ3) is 3.63. The highest BCUT2D eigenvalue weighted by molar-refractivity contribution is 7.13. The second-order valence-corrected chi connectivity index (χ2v) is 6.94. The highest BCUT2D eigenvalue weighted by Crippen LogP contribution is 2.34. The third-order valence-electron chi connectivity index (χ3n) is 3.74. The van der Waals surface area contributed by atoms with Crippen molar-refractivity contribution in [2.75, 3.05) is 19.8 Å². The van der Waals surface area contributed by atoms with E-state index < -0.39 is 0 Å².